The Hall–Kier alpha value is -0.370. The van der Waals surface area contributed by atoms with Crippen molar-refractivity contribution in [2.45, 2.75) is 19.0 Å². The lowest BCUT2D eigenvalue weighted by Gasteiger charge is -2.32. The molecule has 0 radical (unpaired) electrons. The number of halogens is 2. The molecule has 1 amide bonds. The summed E-state index contributed by atoms with van der Waals surface area (Å²) < 4.78 is 0. The third-order valence-electron chi connectivity index (χ3n) is 4.55. The van der Waals surface area contributed by atoms with Gasteiger partial charge in [-0.15, -0.1) is 36.2 Å². The van der Waals surface area contributed by atoms with Gasteiger partial charge in [-0.25, -0.2) is 0 Å². The molecule has 1 aromatic rings. The van der Waals surface area contributed by atoms with Crippen LogP contribution in [0.25, 0.3) is 0 Å². The minimum absolute atomic E-state index is 0. The van der Waals surface area contributed by atoms with Gasteiger partial charge in [-0.05, 0) is 37.5 Å². The smallest absolute Gasteiger partial charge is 0.264 e. The molecule has 1 unspecified atom stereocenters. The van der Waals surface area contributed by atoms with Gasteiger partial charge >= 0.3 is 0 Å². The fourth-order valence-electron chi connectivity index (χ4n) is 3.40. The van der Waals surface area contributed by atoms with Crippen molar-refractivity contribution < 1.29 is 4.79 Å². The van der Waals surface area contributed by atoms with Gasteiger partial charge in [-0.3, -0.25) is 9.69 Å². The number of carbonyl (C=O) groups is 1. The first-order valence-corrected chi connectivity index (χ1v) is 8.98. The molecule has 8 heteroatoms. The van der Waals surface area contributed by atoms with E-state index in [1.807, 2.05) is 19.5 Å². The molecular weight excluding hydrogens is 367 g/mol. The van der Waals surface area contributed by atoms with Gasteiger partial charge in [-0.1, -0.05) is 0 Å². The van der Waals surface area contributed by atoms with E-state index in [1.54, 1.807) is 11.3 Å². The Morgan fingerprint density at radius 2 is 2.00 bits per heavy atom. The van der Waals surface area contributed by atoms with Crippen molar-refractivity contribution in [1.29, 1.82) is 0 Å². The first-order chi connectivity index (χ1) is 10.6. The minimum Gasteiger partial charge on any atom is -0.336 e. The van der Waals surface area contributed by atoms with Crippen LogP contribution in [0.15, 0.2) is 11.4 Å². The van der Waals surface area contributed by atoms with Crippen LogP contribution in [0.1, 0.15) is 21.7 Å². The van der Waals surface area contributed by atoms with E-state index in [1.165, 1.54) is 0 Å². The van der Waals surface area contributed by atoms with Gasteiger partial charge in [0.05, 0.1) is 4.88 Å². The third kappa shape index (κ3) is 5.07. The van der Waals surface area contributed by atoms with E-state index in [-0.39, 0.29) is 30.7 Å². The van der Waals surface area contributed by atoms with Crippen molar-refractivity contribution in [1.82, 2.24) is 20.0 Å². The van der Waals surface area contributed by atoms with Gasteiger partial charge in [0.15, 0.2) is 0 Å². The molecule has 138 valence electrons. The first kappa shape index (κ1) is 21.7. The number of piperazine rings is 1. The van der Waals surface area contributed by atoms with Gasteiger partial charge in [0.1, 0.15) is 0 Å². The van der Waals surface area contributed by atoms with Crippen LogP contribution in [0.3, 0.4) is 0 Å². The third-order valence-corrected chi connectivity index (χ3v) is 5.49. The predicted molar refractivity (Wildman–Crippen MR) is 105 cm³/mol. The molecule has 0 spiro atoms. The van der Waals surface area contributed by atoms with Gasteiger partial charge in [-0.2, -0.15) is 0 Å². The summed E-state index contributed by atoms with van der Waals surface area (Å²) in [5, 5.41) is 5.43. The second kappa shape index (κ2) is 9.94. The molecule has 2 fully saturated rings. The zero-order chi connectivity index (χ0) is 15.5. The van der Waals surface area contributed by atoms with Crippen molar-refractivity contribution >= 4 is 42.1 Å². The molecule has 24 heavy (non-hydrogen) atoms. The van der Waals surface area contributed by atoms with Crippen LogP contribution < -0.4 is 5.32 Å². The summed E-state index contributed by atoms with van der Waals surface area (Å²) in [5.74, 6) is 0.226. The highest BCUT2D eigenvalue weighted by atomic mass is 35.5. The Bertz CT molecular complexity index is 520. The van der Waals surface area contributed by atoms with Gasteiger partial charge in [0.2, 0.25) is 0 Å². The summed E-state index contributed by atoms with van der Waals surface area (Å²) >= 11 is 1.58. The Balaban J connectivity index is 0.00000144. The minimum atomic E-state index is 0. The topological polar surface area (TPSA) is 38.8 Å². The van der Waals surface area contributed by atoms with Crippen LogP contribution in [-0.4, -0.2) is 80.0 Å². The maximum absolute atomic E-state index is 12.8. The standard InChI is InChI=1S/C16H26N4OS.2ClH/c1-18(2)11-13-4-10-22-15(13)16(21)20-7-3-14(12-20)19-8-5-17-6-9-19;;/h4,10,14,17H,3,5-9,11-12H2,1-2H3;2*1H. The summed E-state index contributed by atoms with van der Waals surface area (Å²) in [6.45, 7) is 6.98. The normalized spacial score (nSPS) is 21.5. The summed E-state index contributed by atoms with van der Waals surface area (Å²) in [7, 11) is 4.09. The second-order valence-corrected chi connectivity index (χ2v) is 7.41. The quantitative estimate of drug-likeness (QED) is 0.844. The molecule has 0 aromatic carbocycles. The average Bonchev–Trinajstić information content (AvgIpc) is 3.16. The first-order valence-electron chi connectivity index (χ1n) is 8.10. The van der Waals surface area contributed by atoms with Crippen molar-refractivity contribution in [3.63, 3.8) is 0 Å². The highest BCUT2D eigenvalue weighted by molar-refractivity contribution is 7.12. The number of nitrogens with one attached hydrogen (secondary N) is 1. The maximum atomic E-state index is 12.8. The SMILES string of the molecule is CN(C)Cc1ccsc1C(=O)N1CCC(N2CCNCC2)C1.Cl.Cl. The molecule has 0 aliphatic carbocycles. The van der Waals surface area contributed by atoms with E-state index in [0.717, 1.165) is 62.7 Å². The summed E-state index contributed by atoms with van der Waals surface area (Å²) in [6.07, 6.45) is 1.11. The van der Waals surface area contributed by atoms with E-state index in [0.29, 0.717) is 6.04 Å². The number of rotatable bonds is 4. The summed E-state index contributed by atoms with van der Waals surface area (Å²) in [6, 6.07) is 2.63. The number of nitrogens with zero attached hydrogens (tertiary/aromatic N) is 3. The Morgan fingerprint density at radius 1 is 1.29 bits per heavy atom. The lowest BCUT2D eigenvalue weighted by atomic mass is 10.2. The van der Waals surface area contributed by atoms with E-state index < -0.39 is 0 Å². The highest BCUT2D eigenvalue weighted by Gasteiger charge is 2.32. The molecule has 5 nitrogen and oxygen atoms in total. The predicted octanol–water partition coefficient (Wildman–Crippen LogP) is 1.77. The zero-order valence-corrected chi connectivity index (χ0v) is 16.8. The largest absolute Gasteiger partial charge is 0.336 e. The monoisotopic (exact) mass is 394 g/mol. The molecule has 1 N–H and O–H groups in total. The maximum Gasteiger partial charge on any atom is 0.264 e. The van der Waals surface area contributed by atoms with Crippen LogP contribution >= 0.6 is 36.2 Å². The highest BCUT2D eigenvalue weighted by Crippen LogP contribution is 2.24. The lowest BCUT2D eigenvalue weighted by molar-refractivity contribution is 0.0776. The van der Waals surface area contributed by atoms with E-state index in [9.17, 15) is 4.79 Å². The molecule has 3 rings (SSSR count). The Morgan fingerprint density at radius 3 is 2.67 bits per heavy atom. The number of carbonyl (C=O) groups excluding carboxylic acids is 1. The molecule has 0 bridgehead atoms. The lowest BCUT2D eigenvalue weighted by Crippen LogP contribution is -2.49. The zero-order valence-electron chi connectivity index (χ0n) is 14.4. The van der Waals surface area contributed by atoms with Crippen LogP contribution in [-0.2, 0) is 6.54 Å². The van der Waals surface area contributed by atoms with Crippen molar-refractivity contribution in [2.24, 2.45) is 0 Å². The van der Waals surface area contributed by atoms with E-state index in [4.69, 9.17) is 0 Å². The fraction of sp³-hybridized carbons (Fsp3) is 0.688. The van der Waals surface area contributed by atoms with Gasteiger partial charge < -0.3 is 15.1 Å². The van der Waals surface area contributed by atoms with Crippen molar-refractivity contribution in [3.8, 4) is 0 Å². The van der Waals surface area contributed by atoms with Crippen LogP contribution in [0.2, 0.25) is 0 Å². The van der Waals surface area contributed by atoms with E-state index >= 15 is 0 Å². The van der Waals surface area contributed by atoms with Gasteiger partial charge in [0.25, 0.3) is 5.91 Å². The number of hydrogen-bond donors (Lipinski definition) is 1. The van der Waals surface area contributed by atoms with Crippen molar-refractivity contribution in [2.75, 3.05) is 53.4 Å². The summed E-state index contributed by atoms with van der Waals surface area (Å²) in [5.41, 5.74) is 1.16. The van der Waals surface area contributed by atoms with E-state index in [2.05, 4.69) is 26.1 Å². The van der Waals surface area contributed by atoms with Gasteiger partial charge in [0, 0.05) is 51.9 Å². The molecule has 2 saturated heterocycles. The number of hydrogen-bond acceptors (Lipinski definition) is 5. The summed E-state index contributed by atoms with van der Waals surface area (Å²) in [4.78, 5) is 20.5. The van der Waals surface area contributed by atoms with Crippen molar-refractivity contribution in [3.05, 3.63) is 21.9 Å². The van der Waals surface area contributed by atoms with Crippen LogP contribution in [0.5, 0.6) is 0 Å². The number of amides is 1. The fourth-order valence-corrected chi connectivity index (χ4v) is 4.29. The molecule has 1 atom stereocenters. The molecule has 1 aromatic heterocycles. The second-order valence-electron chi connectivity index (χ2n) is 6.49. The Labute approximate surface area is 161 Å². The number of likely N-dealkylation sites (tertiary alicyclic amines) is 1. The molecule has 2 aliphatic heterocycles. The molecule has 0 saturated carbocycles. The van der Waals surface area contributed by atoms with Crippen LogP contribution in [0.4, 0.5) is 0 Å². The number of thiophene rings is 1. The Kier molecular flexibility index (Phi) is 8.98. The molecular formula is C16H28Cl2N4OS. The molecule has 2 aliphatic rings. The molecule has 3 heterocycles. The van der Waals surface area contributed by atoms with Crippen LogP contribution in [0, 0.1) is 0 Å². The average molecular weight is 395 g/mol.